The highest BCUT2D eigenvalue weighted by Crippen LogP contribution is 2.36. The molecule has 6 nitrogen and oxygen atoms in total. The van der Waals surface area contributed by atoms with Crippen LogP contribution in [0.25, 0.3) is 0 Å². The lowest BCUT2D eigenvalue weighted by Gasteiger charge is -2.29. The van der Waals surface area contributed by atoms with Gasteiger partial charge in [-0.3, -0.25) is 19.8 Å². The van der Waals surface area contributed by atoms with E-state index in [0.717, 1.165) is 0 Å². The summed E-state index contributed by atoms with van der Waals surface area (Å²) in [5, 5.41) is 9.37. The zero-order valence-corrected chi connectivity index (χ0v) is 16.0. The Balaban J connectivity index is 1.72. The Morgan fingerprint density at radius 3 is 2.73 bits per heavy atom. The van der Waals surface area contributed by atoms with E-state index in [2.05, 4.69) is 10.4 Å². The summed E-state index contributed by atoms with van der Waals surface area (Å²) < 4.78 is 1.70. The summed E-state index contributed by atoms with van der Waals surface area (Å²) >= 11 is 18.6. The lowest BCUT2D eigenvalue weighted by atomic mass is 10.0. The number of rotatable bonds is 2. The first-order chi connectivity index (χ1) is 12.5. The minimum absolute atomic E-state index is 0.00797. The van der Waals surface area contributed by atoms with Crippen molar-refractivity contribution in [3.63, 3.8) is 0 Å². The number of hydrogen-bond donors (Lipinski definition) is 1. The number of anilines is 1. The molecule has 0 aromatic heterocycles. The molecule has 130 valence electrons. The van der Waals surface area contributed by atoms with Gasteiger partial charge in [-0.15, -0.1) is 0 Å². The van der Waals surface area contributed by atoms with Gasteiger partial charge in [0.25, 0.3) is 11.8 Å². The number of nitrogens with zero attached hydrogens (tertiary/aromatic N) is 3. The van der Waals surface area contributed by atoms with Gasteiger partial charge >= 0.3 is 0 Å². The molecule has 10 heteroatoms. The van der Waals surface area contributed by atoms with Gasteiger partial charge in [0.15, 0.2) is 5.11 Å². The number of hydrogen-bond acceptors (Lipinski definition) is 5. The van der Waals surface area contributed by atoms with Gasteiger partial charge < -0.3 is 0 Å². The SMILES string of the molecule is O=C1NC(=S)N(c2ccc(Cl)cc2)C(=O)/C1=C/C1=C(Cl)N=[N+]2SC=CC12. The monoisotopic (exact) mass is 423 g/mol. The summed E-state index contributed by atoms with van der Waals surface area (Å²) in [6.45, 7) is 0. The average molecular weight is 424 g/mol. The van der Waals surface area contributed by atoms with E-state index in [1.165, 1.54) is 22.9 Å². The van der Waals surface area contributed by atoms with Crippen LogP contribution in [0.3, 0.4) is 0 Å². The summed E-state index contributed by atoms with van der Waals surface area (Å²) in [5.41, 5.74) is 1.02. The zero-order valence-electron chi connectivity index (χ0n) is 12.8. The lowest BCUT2D eigenvalue weighted by Crippen LogP contribution is -2.54. The summed E-state index contributed by atoms with van der Waals surface area (Å²) in [5.74, 6) is -1.11. The molecule has 26 heavy (non-hydrogen) atoms. The van der Waals surface area contributed by atoms with E-state index >= 15 is 0 Å². The van der Waals surface area contributed by atoms with Crippen LogP contribution in [0.2, 0.25) is 5.02 Å². The molecular weight excluding hydrogens is 415 g/mol. The van der Waals surface area contributed by atoms with Crippen molar-refractivity contribution >= 4 is 70.0 Å². The predicted octanol–water partition coefficient (Wildman–Crippen LogP) is 3.49. The highest BCUT2D eigenvalue weighted by molar-refractivity contribution is 7.96. The van der Waals surface area contributed by atoms with E-state index in [1.54, 1.807) is 28.4 Å². The van der Waals surface area contributed by atoms with Gasteiger partial charge in [0, 0.05) is 21.6 Å². The lowest BCUT2D eigenvalue weighted by molar-refractivity contribution is -0.429. The largest absolute Gasteiger partial charge is 0.298 e. The Morgan fingerprint density at radius 2 is 2.00 bits per heavy atom. The van der Waals surface area contributed by atoms with Crippen LogP contribution in [0.1, 0.15) is 0 Å². The Kier molecular flexibility index (Phi) is 4.44. The van der Waals surface area contributed by atoms with Crippen LogP contribution in [0, 0.1) is 0 Å². The molecule has 1 fully saturated rings. The van der Waals surface area contributed by atoms with Crippen molar-refractivity contribution in [2.45, 2.75) is 6.04 Å². The number of fused-ring (bicyclic) bond motifs is 1. The Morgan fingerprint density at radius 1 is 1.27 bits per heavy atom. The van der Waals surface area contributed by atoms with Crippen LogP contribution in [-0.2, 0) is 9.59 Å². The van der Waals surface area contributed by atoms with Gasteiger partial charge in [-0.05, 0) is 46.7 Å². The molecule has 0 bridgehead atoms. The number of halogens is 2. The fraction of sp³-hybridized carbons (Fsp3) is 0.0625. The number of benzene rings is 1. The topological polar surface area (TPSA) is 64.8 Å². The molecule has 1 aromatic carbocycles. The fourth-order valence-corrected chi connectivity index (χ4v) is 4.16. The van der Waals surface area contributed by atoms with Gasteiger partial charge in [-0.25, -0.2) is 0 Å². The maximum atomic E-state index is 13.0. The van der Waals surface area contributed by atoms with E-state index < -0.39 is 11.8 Å². The molecule has 0 aliphatic carbocycles. The number of thiocarbonyl (C=S) groups is 1. The van der Waals surface area contributed by atoms with E-state index in [1.807, 2.05) is 11.5 Å². The highest BCUT2D eigenvalue weighted by atomic mass is 35.5. The molecular formula is C16H9Cl2N4O2S2+. The van der Waals surface area contributed by atoms with Gasteiger partial charge in [-0.1, -0.05) is 23.2 Å². The molecule has 1 saturated heterocycles. The molecule has 3 aliphatic rings. The van der Waals surface area contributed by atoms with E-state index in [0.29, 0.717) is 16.3 Å². The Labute approximate surface area is 168 Å². The first kappa shape index (κ1) is 17.4. The summed E-state index contributed by atoms with van der Waals surface area (Å²) in [4.78, 5) is 26.6. The second-order valence-corrected chi connectivity index (χ2v) is 7.50. The third-order valence-electron chi connectivity index (χ3n) is 3.90. The molecule has 1 atom stereocenters. The maximum Gasteiger partial charge on any atom is 0.270 e. The number of azo groups is 1. The standard InChI is InChI=1S/C16H8Cl2N4O2S2/c17-8-1-3-9(4-2-8)21-15(24)11(14(23)19-16(21)25)7-10-12-5-6-26-22(12)20-13(10)18/h1-7,12H/p+1/b11-7+. The van der Waals surface area contributed by atoms with E-state index in [4.69, 9.17) is 35.4 Å². The number of amides is 2. The molecule has 1 unspecified atom stereocenters. The average Bonchev–Trinajstić information content (AvgIpc) is 3.14. The number of nitrogens with one attached hydrogen (secondary N) is 1. The highest BCUT2D eigenvalue weighted by Gasteiger charge is 2.41. The van der Waals surface area contributed by atoms with Crippen molar-refractivity contribution in [2.75, 3.05) is 4.90 Å². The molecule has 2 amide bonds. The quantitative estimate of drug-likeness (QED) is 0.197. The molecule has 1 N–H and O–H groups in total. The first-order valence-electron chi connectivity index (χ1n) is 7.37. The maximum absolute atomic E-state index is 13.0. The van der Waals surface area contributed by atoms with Crippen LogP contribution in [0.15, 0.2) is 63.2 Å². The fourth-order valence-electron chi connectivity index (χ4n) is 2.67. The molecule has 0 spiro atoms. The van der Waals surface area contributed by atoms with Crippen LogP contribution in [-0.4, -0.2) is 27.1 Å². The van der Waals surface area contributed by atoms with Crippen LogP contribution < -0.4 is 10.2 Å². The van der Waals surface area contributed by atoms with Crippen molar-refractivity contribution in [3.8, 4) is 0 Å². The van der Waals surface area contributed by atoms with Crippen LogP contribution in [0.4, 0.5) is 5.69 Å². The molecule has 1 aromatic rings. The number of carbonyl (C=O) groups excluding carboxylic acids is 2. The van der Waals surface area contributed by atoms with Gasteiger partial charge in [0.1, 0.15) is 5.57 Å². The number of carbonyl (C=O) groups is 2. The van der Waals surface area contributed by atoms with E-state index in [-0.39, 0.29) is 21.9 Å². The summed E-state index contributed by atoms with van der Waals surface area (Å²) in [6, 6.07) is 6.37. The van der Waals surface area contributed by atoms with Crippen molar-refractivity contribution in [1.29, 1.82) is 0 Å². The minimum Gasteiger partial charge on any atom is -0.298 e. The van der Waals surface area contributed by atoms with Crippen LogP contribution >= 0.6 is 47.4 Å². The second kappa shape index (κ2) is 6.62. The molecule has 0 saturated carbocycles. The summed E-state index contributed by atoms with van der Waals surface area (Å²) in [6.07, 6.45) is 3.36. The van der Waals surface area contributed by atoms with Crippen molar-refractivity contribution < 1.29 is 13.7 Å². The second-order valence-electron chi connectivity index (χ2n) is 5.46. The predicted molar refractivity (Wildman–Crippen MR) is 104 cm³/mol. The molecule has 4 rings (SSSR count). The van der Waals surface area contributed by atoms with Crippen molar-refractivity contribution in [3.05, 3.63) is 63.2 Å². The molecule has 0 radical (unpaired) electrons. The molecule has 3 heterocycles. The van der Waals surface area contributed by atoms with Crippen molar-refractivity contribution in [1.82, 2.24) is 5.32 Å². The Bertz CT molecular complexity index is 982. The van der Waals surface area contributed by atoms with Gasteiger partial charge in [-0.2, -0.15) is 0 Å². The summed E-state index contributed by atoms with van der Waals surface area (Å²) in [7, 11) is 0. The smallest absolute Gasteiger partial charge is 0.270 e. The third kappa shape index (κ3) is 2.88. The Hall–Kier alpha value is -2.00. The van der Waals surface area contributed by atoms with Gasteiger partial charge in [0.05, 0.1) is 11.3 Å². The zero-order chi connectivity index (χ0) is 18.4. The van der Waals surface area contributed by atoms with E-state index in [9.17, 15) is 9.59 Å². The first-order valence-corrected chi connectivity index (χ1v) is 9.37. The minimum atomic E-state index is -0.574. The van der Waals surface area contributed by atoms with Crippen LogP contribution in [0.5, 0.6) is 0 Å². The third-order valence-corrected chi connectivity index (χ3v) is 5.53. The molecule has 3 aliphatic heterocycles. The van der Waals surface area contributed by atoms with Gasteiger partial charge in [0.2, 0.25) is 23.1 Å². The normalized spacial score (nSPS) is 23.7. The van der Waals surface area contributed by atoms with Crippen molar-refractivity contribution in [2.24, 2.45) is 5.11 Å².